The number of rotatable bonds is 19. The minimum absolute atomic E-state index is 0.932. The monoisotopic (exact) mass is 1780 g/mol. The van der Waals surface area contributed by atoms with Gasteiger partial charge in [-0.2, -0.15) is 0 Å². The predicted molar refractivity (Wildman–Crippen MR) is 359 cm³/mol. The van der Waals surface area contributed by atoms with Crippen molar-refractivity contribution >= 4 is 0 Å². The molecule has 55 nitrogen and oxygen atoms in total. The van der Waals surface area contributed by atoms with Gasteiger partial charge in [-0.1, -0.05) is 0 Å². The van der Waals surface area contributed by atoms with E-state index in [1.54, 1.807) is 0 Å². The van der Waals surface area contributed by atoms with E-state index in [4.69, 9.17) is 104 Å². The first-order chi connectivity index (χ1) is 57.5. The summed E-state index contributed by atoms with van der Waals surface area (Å²) in [6.45, 7) is -12.5. The van der Waals surface area contributed by atoms with E-state index in [0.29, 0.717) is 0 Å². The third-order valence-corrected chi connectivity index (χ3v) is 23.2. The molecule has 0 aromatic heterocycles. The summed E-state index contributed by atoms with van der Waals surface area (Å²) in [6, 6.07) is 0. The molecule has 0 radical (unpaired) electrons. The van der Waals surface area contributed by atoms with Gasteiger partial charge in [-0.3, -0.25) is 0 Å². The highest BCUT2D eigenvalue weighted by Gasteiger charge is 2.62. The quantitative estimate of drug-likeness (QED) is 0.0571. The number of hydrogen-bond donors (Lipinski definition) is 33. The summed E-state index contributed by atoms with van der Waals surface area (Å²) in [5, 5.41) is 369. The Kier molecular flexibility index (Phi) is 33.9. The van der Waals surface area contributed by atoms with Gasteiger partial charge in [0.15, 0.2) is 69.2 Å². The van der Waals surface area contributed by atoms with Crippen molar-refractivity contribution in [3.8, 4) is 0 Å². The van der Waals surface area contributed by atoms with Crippen LogP contribution in [-0.4, -0.2) is 579 Å². The summed E-state index contributed by atoms with van der Waals surface area (Å²) in [4.78, 5) is 0. The SMILES string of the molecule is OCC1OC(OC2C(CO)OC(OCC3OC4OC5C(CO)OC(OC6C(CO)OC(OC7C(COC8OC(CO)C(OC9OC(CO)C(O)C(O)C9O)C(O)C8O)OC(OC8C(CO)OC(OC9C(CO)OC(OC%10C(CO)OC(OC3C(O)C4O)C(O)C%10O)C(O)C9O)C(O)C8O)C(O)C7O)C(O)C6O)C(O)C5O)C(O)C2O)C(O)C(O)C1O. The van der Waals surface area contributed by atoms with Crippen LogP contribution in [-0.2, 0) is 104 Å². The average molecular weight is 1780 g/mol. The van der Waals surface area contributed by atoms with Crippen molar-refractivity contribution in [2.45, 2.75) is 338 Å². The molecule has 25 rings (SSSR count). The van der Waals surface area contributed by atoms with Gasteiger partial charge in [-0.25, -0.2) is 0 Å². The normalized spacial score (nSPS) is 55.0. The first-order valence-electron chi connectivity index (χ1n) is 38.7. The molecule has 0 spiro atoms. The second-order valence-corrected chi connectivity index (χ2v) is 31.0. The molecule has 0 aromatic rings. The molecular formula is C66H110O55. The molecule has 25 aliphatic rings. The van der Waals surface area contributed by atoms with Crippen molar-refractivity contribution < 1.29 is 273 Å². The number of hydrogen-bond acceptors (Lipinski definition) is 55. The largest absolute Gasteiger partial charge is 0.394 e. The summed E-state index contributed by atoms with van der Waals surface area (Å²) < 4.78 is 127. The predicted octanol–water partition coefficient (Wildman–Crippen LogP) is -23.9. The standard InChI is InChI=1S/C66H110O55/c67-1-12-23(76)25(78)36(89)58(102-12)113-47-14(3-69)104-56(38(91)27(47)80)100-10-21-54-35(88)46(99)66(112-21)119-53-20(9-75)108-62(42(95)31(53)84)117-51-18(7-73)110-64(44(97)33(51)86)121-55-22(11-101-57-39(92)28(81)48(15(4-70)105-57)114-59-37(90)26(79)24(77)13(2-68)103-59)111-65(45(98)34(55)87)118-52-19(8-74)107-61(41(94)30(52)83)115-49-16(5-71)106-60(40(93)29(49)82)116-50-17(6-72)109-63(120-54)43(96)32(50)85/h12-99H,1-11H2. The van der Waals surface area contributed by atoms with Crippen molar-refractivity contribution in [1.29, 1.82) is 0 Å². The molecule has 25 heterocycles. The van der Waals surface area contributed by atoms with Gasteiger partial charge in [0.25, 0.3) is 0 Å². The van der Waals surface area contributed by atoms with Crippen molar-refractivity contribution in [2.24, 2.45) is 0 Å². The van der Waals surface area contributed by atoms with E-state index in [1.165, 1.54) is 0 Å². The highest BCUT2D eigenvalue weighted by Crippen LogP contribution is 2.42. The molecule has 55 unspecified atom stereocenters. The molecule has 33 N–H and O–H groups in total. The summed E-state index contributed by atoms with van der Waals surface area (Å²) in [5.74, 6) is 0. The maximum absolute atomic E-state index is 12.1. The van der Waals surface area contributed by atoms with Crippen molar-refractivity contribution in [1.82, 2.24) is 0 Å². The van der Waals surface area contributed by atoms with E-state index < -0.39 is 410 Å². The molecule has 25 fully saturated rings. The molecule has 14 bridgehead atoms. The molecule has 704 valence electrons. The van der Waals surface area contributed by atoms with Crippen LogP contribution in [0.2, 0.25) is 0 Å². The zero-order chi connectivity index (χ0) is 88.1. The molecule has 25 aliphatic heterocycles. The van der Waals surface area contributed by atoms with E-state index in [-0.39, 0.29) is 0 Å². The molecular weight excluding hydrogens is 1670 g/mol. The van der Waals surface area contributed by atoms with Crippen LogP contribution in [0.1, 0.15) is 0 Å². The Morgan fingerprint density at radius 2 is 0.331 bits per heavy atom. The highest BCUT2D eigenvalue weighted by molar-refractivity contribution is 5.04. The van der Waals surface area contributed by atoms with Crippen molar-refractivity contribution in [3.63, 3.8) is 0 Å². The molecule has 0 saturated carbocycles. The van der Waals surface area contributed by atoms with E-state index in [9.17, 15) is 169 Å². The van der Waals surface area contributed by atoms with E-state index in [2.05, 4.69) is 0 Å². The third-order valence-electron chi connectivity index (χ3n) is 23.2. The smallest absolute Gasteiger partial charge is 0.187 e. The minimum atomic E-state index is -2.49. The third kappa shape index (κ3) is 19.9. The summed E-state index contributed by atoms with van der Waals surface area (Å²) >= 11 is 0. The van der Waals surface area contributed by atoms with Gasteiger partial charge in [0.2, 0.25) is 0 Å². The van der Waals surface area contributed by atoms with Gasteiger partial charge in [0.1, 0.15) is 269 Å². The van der Waals surface area contributed by atoms with Gasteiger partial charge in [0, 0.05) is 0 Å². The maximum atomic E-state index is 12.1. The number of aliphatic hydroxyl groups excluding tert-OH is 33. The lowest BCUT2D eigenvalue weighted by atomic mass is 9.95. The van der Waals surface area contributed by atoms with Crippen LogP contribution in [0.25, 0.3) is 0 Å². The lowest BCUT2D eigenvalue weighted by Gasteiger charge is -2.50. The van der Waals surface area contributed by atoms with Gasteiger partial charge >= 0.3 is 0 Å². The Labute approximate surface area is 681 Å². The van der Waals surface area contributed by atoms with E-state index in [0.717, 1.165) is 0 Å². The molecule has 0 aromatic carbocycles. The molecule has 55 atom stereocenters. The fourth-order valence-electron chi connectivity index (χ4n) is 16.2. The molecule has 25 saturated heterocycles. The van der Waals surface area contributed by atoms with Crippen LogP contribution in [0.5, 0.6) is 0 Å². The van der Waals surface area contributed by atoms with Crippen molar-refractivity contribution in [2.75, 3.05) is 72.7 Å². The number of aliphatic hydroxyl groups is 33. The van der Waals surface area contributed by atoms with Crippen molar-refractivity contribution in [3.05, 3.63) is 0 Å². The molecule has 121 heavy (non-hydrogen) atoms. The Morgan fingerprint density at radius 1 is 0.149 bits per heavy atom. The Morgan fingerprint density at radius 3 is 0.537 bits per heavy atom. The topological polar surface area (TPSA) is 871 Å². The van der Waals surface area contributed by atoms with Gasteiger partial charge in [0.05, 0.1) is 72.7 Å². The zero-order valence-electron chi connectivity index (χ0n) is 63.3. The van der Waals surface area contributed by atoms with Crippen LogP contribution in [0.3, 0.4) is 0 Å². The van der Waals surface area contributed by atoms with Crippen LogP contribution < -0.4 is 0 Å². The fourth-order valence-corrected chi connectivity index (χ4v) is 16.2. The Bertz CT molecular complexity index is 3050. The maximum Gasteiger partial charge on any atom is 0.187 e. The minimum Gasteiger partial charge on any atom is -0.394 e. The molecule has 0 aliphatic carbocycles. The Balaban J connectivity index is 0.829. The lowest BCUT2D eigenvalue weighted by Crippen LogP contribution is -2.68. The first kappa shape index (κ1) is 97.8. The second-order valence-electron chi connectivity index (χ2n) is 31.0. The van der Waals surface area contributed by atoms with Crippen LogP contribution in [0, 0.1) is 0 Å². The molecule has 0 amide bonds. The van der Waals surface area contributed by atoms with Gasteiger partial charge < -0.3 is 273 Å². The van der Waals surface area contributed by atoms with E-state index >= 15 is 0 Å². The van der Waals surface area contributed by atoms with Crippen LogP contribution >= 0.6 is 0 Å². The van der Waals surface area contributed by atoms with Crippen LogP contribution in [0.15, 0.2) is 0 Å². The number of ether oxygens (including phenoxy) is 22. The fraction of sp³-hybridized carbons (Fsp3) is 1.00. The van der Waals surface area contributed by atoms with Crippen LogP contribution in [0.4, 0.5) is 0 Å². The molecule has 55 heteroatoms. The zero-order valence-corrected chi connectivity index (χ0v) is 63.3. The summed E-state index contributed by atoms with van der Waals surface area (Å²) in [6.07, 6.45) is -119. The first-order valence-corrected chi connectivity index (χ1v) is 38.7. The Hall–Kier alpha value is -2.20. The summed E-state index contributed by atoms with van der Waals surface area (Å²) in [7, 11) is 0. The average Bonchev–Trinajstić information content (AvgIpc) is 0.877. The van der Waals surface area contributed by atoms with Gasteiger partial charge in [-0.05, 0) is 0 Å². The van der Waals surface area contributed by atoms with Gasteiger partial charge in [-0.15, -0.1) is 0 Å². The lowest BCUT2D eigenvalue weighted by molar-refractivity contribution is -0.400. The second kappa shape index (κ2) is 41.9. The van der Waals surface area contributed by atoms with E-state index in [1.807, 2.05) is 0 Å². The summed E-state index contributed by atoms with van der Waals surface area (Å²) in [5.41, 5.74) is 0. The highest BCUT2D eigenvalue weighted by atomic mass is 16.8.